The Morgan fingerprint density at radius 2 is 1.16 bits per heavy atom. The number of alkyl halides is 1. The Labute approximate surface area is 574 Å². The van der Waals surface area contributed by atoms with Gasteiger partial charge in [-0.25, -0.2) is 4.79 Å². The van der Waals surface area contributed by atoms with Gasteiger partial charge in [-0.2, -0.15) is 0 Å². The monoisotopic (exact) mass is 1440 g/mol. The Balaban J connectivity index is 0.00000392. The summed E-state index contributed by atoms with van der Waals surface area (Å²) in [5.74, 6) is 4.62. The number of benzene rings is 4. The van der Waals surface area contributed by atoms with Crippen LogP contribution < -0.4 is 53.2 Å². The molecule has 3 atom stereocenters. The third-order valence-corrected chi connectivity index (χ3v) is 14.8. The van der Waals surface area contributed by atoms with Crippen LogP contribution in [0.4, 0.5) is 0 Å². The molecule has 0 radical (unpaired) electrons. The van der Waals surface area contributed by atoms with Crippen LogP contribution in [-0.2, 0) is 91.9 Å². The summed E-state index contributed by atoms with van der Waals surface area (Å²) < 4.78 is 70.7. The fourth-order valence-corrected chi connectivity index (χ4v) is 10.1. The maximum absolute atomic E-state index is 14.4. The van der Waals surface area contributed by atoms with Gasteiger partial charge in [-0.3, -0.25) is 57.5 Å². The first kappa shape index (κ1) is 77.7. The molecule has 1 saturated heterocycles. The number of halogens is 1. The Morgan fingerprint density at radius 1 is 0.667 bits per heavy atom. The average Bonchev–Trinajstić information content (AvgIpc) is 1.44. The van der Waals surface area contributed by atoms with Gasteiger partial charge in [0.25, 0.3) is 5.56 Å². The number of amides is 1. The van der Waals surface area contributed by atoms with Crippen molar-refractivity contribution < 1.29 is 103 Å². The zero-order chi connectivity index (χ0) is 68.9. The van der Waals surface area contributed by atoms with Gasteiger partial charge >= 0.3 is 63.5 Å². The Kier molecular flexibility index (Phi) is 32.7. The molecular weight excluding hydrogens is 1360 g/mol. The van der Waals surface area contributed by atoms with Gasteiger partial charge in [-0.15, -0.1) is 0 Å². The first-order valence-electron chi connectivity index (χ1n) is 30.1. The van der Waals surface area contributed by atoms with Gasteiger partial charge in [0.05, 0.1) is 113 Å². The first-order chi connectivity index (χ1) is 45.8. The molecule has 1 amide bonds. The van der Waals surface area contributed by atoms with E-state index in [1.54, 1.807) is 57.5 Å². The average molecular weight is 1450 g/mol. The van der Waals surface area contributed by atoms with Gasteiger partial charge in [0.2, 0.25) is 5.91 Å². The minimum atomic E-state index is -1.28. The maximum atomic E-state index is 14.4. The molecule has 520 valence electrons. The van der Waals surface area contributed by atoms with Crippen molar-refractivity contribution >= 4 is 35.8 Å². The fourth-order valence-electron chi connectivity index (χ4n) is 10.1. The van der Waals surface area contributed by atoms with Crippen molar-refractivity contribution in [2.45, 2.75) is 84.7 Å². The van der Waals surface area contributed by atoms with Crippen molar-refractivity contribution in [2.24, 2.45) is 0 Å². The molecule has 3 heterocycles. The van der Waals surface area contributed by atoms with Crippen LogP contribution in [0.15, 0.2) is 131 Å². The van der Waals surface area contributed by atoms with E-state index in [9.17, 15) is 38.4 Å². The zero-order valence-corrected chi connectivity index (χ0v) is 56.2. The molecule has 96 heavy (non-hydrogen) atoms. The third-order valence-electron chi connectivity index (χ3n) is 14.8. The van der Waals surface area contributed by atoms with Crippen LogP contribution in [0.1, 0.15) is 85.1 Å². The van der Waals surface area contributed by atoms with E-state index < -0.39 is 65.1 Å². The normalized spacial score (nSPS) is 14.0. The van der Waals surface area contributed by atoms with Crippen LogP contribution >= 0.6 is 0 Å². The molecule has 0 spiro atoms. The van der Waals surface area contributed by atoms with E-state index >= 15 is 0 Å². The molecule has 1 unspecified atom stereocenters. The van der Waals surface area contributed by atoms with Crippen molar-refractivity contribution in [2.75, 3.05) is 107 Å². The second-order valence-corrected chi connectivity index (χ2v) is 21.0. The number of nitrogens with one attached hydrogen (secondary N) is 1. The number of carbonyl (C=O) groups excluding carboxylic acids is 6. The first-order valence-corrected chi connectivity index (χ1v) is 31.9. The number of methoxy groups -OCH3 is 6. The molecule has 0 saturated carbocycles. The van der Waals surface area contributed by atoms with Gasteiger partial charge in [-0.1, -0.05) is 81.3 Å². The molecule has 6 aromatic rings. The Bertz CT molecular complexity index is 3550. The molecule has 2 aromatic heterocycles. The number of esters is 5. The van der Waals surface area contributed by atoms with Crippen molar-refractivity contribution in [1.29, 1.82) is 0.594 Å². The number of aromatic nitrogens is 3. The van der Waals surface area contributed by atoms with Crippen LogP contribution in [-0.4, -0.2) is 180 Å². The Hall–Kier alpha value is -8.98. The summed E-state index contributed by atoms with van der Waals surface area (Å²) in [7, 11) is 9.54. The number of nitrogens with zero attached hydrogens (tertiary/aromatic N) is 5. The van der Waals surface area contributed by atoms with Crippen LogP contribution in [0.2, 0.25) is 0 Å². The van der Waals surface area contributed by atoms with E-state index in [0.29, 0.717) is 39.8 Å². The number of pyridine rings is 1. The molecule has 1 fully saturated rings. The third kappa shape index (κ3) is 22.9. The van der Waals surface area contributed by atoms with Gasteiger partial charge in [-0.05, 0) is 84.3 Å². The summed E-state index contributed by atoms with van der Waals surface area (Å²) >= 11 is -0.160. The zero-order valence-electron chi connectivity index (χ0n) is 55.0. The minimum absolute atomic E-state index is 0. The summed E-state index contributed by atoms with van der Waals surface area (Å²) in [4.78, 5) is 112. The number of rotatable bonds is 32. The second kappa shape index (κ2) is 40.4. The topological polar surface area (TPSA) is 279 Å². The van der Waals surface area contributed by atoms with Gasteiger partial charge < -0.3 is 57.4 Å². The van der Waals surface area contributed by atoms with Crippen LogP contribution in [0, 0.1) is 18.8 Å². The molecular formula is C70H88IN6O19-. The van der Waals surface area contributed by atoms with Gasteiger partial charge in [0, 0.05) is 55.9 Å². The Morgan fingerprint density at radius 3 is 1.65 bits per heavy atom. The number of hydrogen-bond donors (Lipinski definition) is 1. The molecule has 25 nitrogen and oxygen atoms in total. The number of carbonyl (C=O) groups is 6. The summed E-state index contributed by atoms with van der Waals surface area (Å²) in [6.07, 6.45) is -1.87. The predicted octanol–water partition coefficient (Wildman–Crippen LogP) is 2.43. The van der Waals surface area contributed by atoms with Crippen LogP contribution in [0.25, 0.3) is 0 Å². The van der Waals surface area contributed by atoms with Crippen molar-refractivity contribution in [3.05, 3.63) is 187 Å². The van der Waals surface area contributed by atoms with E-state index in [2.05, 4.69) is 17.2 Å². The van der Waals surface area contributed by atoms with Crippen molar-refractivity contribution in [3.63, 3.8) is 0 Å². The number of ether oxygens (including phenoxy) is 11. The number of aryl methyl sites for hydroxylation is 1. The number of hydrogen-bond acceptors (Lipinski definition) is 22. The van der Waals surface area contributed by atoms with E-state index in [1.807, 2.05) is 83.8 Å². The second-order valence-electron chi connectivity index (χ2n) is 21.0. The van der Waals surface area contributed by atoms with Crippen LogP contribution in [0.3, 0.4) is 0 Å². The molecule has 7 rings (SSSR count). The summed E-state index contributed by atoms with van der Waals surface area (Å²) in [6, 6.07) is 34.8. The SMILES string of the molecule is C.C.CNC(=O)CCC(=O)OC1C[C@H](n2cc(C)c(=O)n(CCOCCOc3ccc(C#Cc4cc(CN(CC(=O)OC)CC(=O)OC)nc(CN(CC(=O)OC)CC(=O)OC)c4)cc3)c2=O)O[C@@H]1COC(c1ccccc1)(c1ccc(OC)cc1)c1ccc(OC)cc1.[2H][I-]C. The van der Waals surface area contributed by atoms with Crippen LogP contribution in [0.5, 0.6) is 17.2 Å². The molecule has 1 N–H and O–H groups in total. The predicted molar refractivity (Wildman–Crippen MR) is 352 cm³/mol. The van der Waals surface area contributed by atoms with E-state index in [0.717, 1.165) is 21.3 Å². The standard InChI is InChI=1S/C67H76N6O19.CH4I.2CH4/c1-45-37-73(59-36-56(92-60(75)29-28-58(74)68-2)57(91-59)44-90-67(48-12-10-9-11-13-48,49-18-24-53(82-3)25-19-49)50-20-26-54(83-4)27-21-50)66(81)72(65(45)80)30-31-88-32-33-89-55-22-16-46(17-23-55)14-15-47-34-51(38-70(40-61(76)84-5)41-62(77)85-6)69-52(35-47)39-71(42-63(78)86-7)43-64(79)87-8;1-2;;/h9-13,16-27,34-35,37,56-57,59H,28-33,36,38-44H2,1-8H3,(H,68,74);2H,1H3;2*1H4/q;-1;;/t56?,57-,59-;;;/m1.../s1/i;2D;;. The fraction of sp³-hybridized carbons (Fsp3) is 0.414. The molecule has 0 bridgehead atoms. The molecule has 1 aliphatic rings. The van der Waals surface area contributed by atoms with E-state index in [4.69, 9.17) is 57.7 Å². The van der Waals surface area contributed by atoms with Gasteiger partial charge in [0.1, 0.15) is 47.9 Å². The van der Waals surface area contributed by atoms with Crippen molar-refractivity contribution in [1.82, 2.24) is 29.2 Å². The summed E-state index contributed by atoms with van der Waals surface area (Å²) in [5, 5.41) is 2.51. The van der Waals surface area contributed by atoms with E-state index in [-0.39, 0.29) is 140 Å². The molecule has 1 aliphatic heterocycles. The molecule has 0 aliphatic carbocycles. The molecule has 4 aromatic carbocycles. The van der Waals surface area contributed by atoms with E-state index in [1.165, 1.54) is 56.1 Å². The van der Waals surface area contributed by atoms with Crippen molar-refractivity contribution in [3.8, 4) is 29.1 Å². The van der Waals surface area contributed by atoms with Gasteiger partial charge in [0.15, 0.2) is 0 Å². The molecule has 26 heteroatoms. The summed E-state index contributed by atoms with van der Waals surface area (Å²) in [5.41, 5.74) is 1.91. The summed E-state index contributed by atoms with van der Waals surface area (Å²) in [6.45, 7) is 0.444. The quantitative estimate of drug-likeness (QED) is 0.0121.